The molecule has 1 aliphatic rings. The van der Waals surface area contributed by atoms with Crippen LogP contribution in [0.25, 0.3) is 0 Å². The fourth-order valence-electron chi connectivity index (χ4n) is 1.46. The van der Waals surface area contributed by atoms with E-state index in [0.717, 1.165) is 19.5 Å². The number of carbonyl (C=O) groups excluding carboxylic acids is 1. The molecule has 2 N–H and O–H groups in total. The Balaban J connectivity index is 2.34. The lowest BCUT2D eigenvalue weighted by Gasteiger charge is -2.20. The third kappa shape index (κ3) is 2.43. The van der Waals surface area contributed by atoms with E-state index in [-0.39, 0.29) is 11.3 Å². The van der Waals surface area contributed by atoms with Crippen molar-refractivity contribution in [1.82, 2.24) is 10.6 Å². The SMILES string of the molecule is CC1(C(=O)NCCC#N)CCNC1. The van der Waals surface area contributed by atoms with E-state index in [1.54, 1.807) is 0 Å². The van der Waals surface area contributed by atoms with Gasteiger partial charge in [-0.1, -0.05) is 0 Å². The van der Waals surface area contributed by atoms with Gasteiger partial charge in [-0.2, -0.15) is 5.26 Å². The van der Waals surface area contributed by atoms with Crippen LogP contribution in [0.2, 0.25) is 0 Å². The molecule has 1 aliphatic heterocycles. The molecule has 0 aromatic heterocycles. The van der Waals surface area contributed by atoms with Gasteiger partial charge in [0.05, 0.1) is 17.9 Å². The summed E-state index contributed by atoms with van der Waals surface area (Å²) in [6, 6.07) is 2.00. The molecule has 0 radical (unpaired) electrons. The van der Waals surface area contributed by atoms with Crippen molar-refractivity contribution in [2.75, 3.05) is 19.6 Å². The summed E-state index contributed by atoms with van der Waals surface area (Å²) in [5.74, 6) is 0.0627. The zero-order valence-corrected chi connectivity index (χ0v) is 7.89. The molecule has 1 atom stereocenters. The van der Waals surface area contributed by atoms with Gasteiger partial charge in [-0.05, 0) is 19.9 Å². The Morgan fingerprint density at radius 3 is 3.08 bits per heavy atom. The number of hydrogen-bond donors (Lipinski definition) is 2. The van der Waals surface area contributed by atoms with E-state index in [1.165, 1.54) is 0 Å². The molecule has 1 fully saturated rings. The van der Waals surface area contributed by atoms with E-state index >= 15 is 0 Å². The van der Waals surface area contributed by atoms with Crippen LogP contribution in [-0.4, -0.2) is 25.5 Å². The summed E-state index contributed by atoms with van der Waals surface area (Å²) in [6.07, 6.45) is 1.26. The Hall–Kier alpha value is -1.08. The second-order valence-corrected chi connectivity index (χ2v) is 3.65. The van der Waals surface area contributed by atoms with Crippen LogP contribution >= 0.6 is 0 Å². The molecule has 0 saturated carbocycles. The summed E-state index contributed by atoms with van der Waals surface area (Å²) in [5, 5.41) is 14.2. The lowest BCUT2D eigenvalue weighted by Crippen LogP contribution is -2.40. The third-order valence-corrected chi connectivity index (χ3v) is 2.44. The van der Waals surface area contributed by atoms with Crippen LogP contribution in [0.3, 0.4) is 0 Å². The molecule has 1 rings (SSSR count). The van der Waals surface area contributed by atoms with Gasteiger partial charge in [-0.25, -0.2) is 0 Å². The van der Waals surface area contributed by atoms with Crippen molar-refractivity contribution in [2.24, 2.45) is 5.41 Å². The van der Waals surface area contributed by atoms with Gasteiger partial charge in [0.15, 0.2) is 0 Å². The Kier molecular flexibility index (Phi) is 3.26. The largest absolute Gasteiger partial charge is 0.355 e. The molecular formula is C9H15N3O. The summed E-state index contributed by atoms with van der Waals surface area (Å²) in [7, 11) is 0. The van der Waals surface area contributed by atoms with Gasteiger partial charge in [0.2, 0.25) is 5.91 Å². The fraction of sp³-hybridized carbons (Fsp3) is 0.778. The minimum absolute atomic E-state index is 0.0627. The van der Waals surface area contributed by atoms with Gasteiger partial charge >= 0.3 is 0 Å². The monoisotopic (exact) mass is 181 g/mol. The van der Waals surface area contributed by atoms with Gasteiger partial charge in [-0.15, -0.1) is 0 Å². The first kappa shape index (κ1) is 10.0. The lowest BCUT2D eigenvalue weighted by atomic mass is 9.89. The quantitative estimate of drug-likeness (QED) is 0.603. The first-order valence-electron chi connectivity index (χ1n) is 4.55. The molecule has 4 heteroatoms. The van der Waals surface area contributed by atoms with Gasteiger partial charge < -0.3 is 10.6 Å². The fourth-order valence-corrected chi connectivity index (χ4v) is 1.46. The number of amides is 1. The van der Waals surface area contributed by atoms with Crippen molar-refractivity contribution in [1.29, 1.82) is 5.26 Å². The molecule has 0 aromatic carbocycles. The van der Waals surface area contributed by atoms with Crippen molar-refractivity contribution in [3.63, 3.8) is 0 Å². The summed E-state index contributed by atoms with van der Waals surface area (Å²) in [6.45, 7) is 4.06. The highest BCUT2D eigenvalue weighted by atomic mass is 16.2. The zero-order valence-electron chi connectivity index (χ0n) is 7.89. The topological polar surface area (TPSA) is 64.9 Å². The highest BCUT2D eigenvalue weighted by Crippen LogP contribution is 2.24. The second kappa shape index (κ2) is 4.24. The van der Waals surface area contributed by atoms with Crippen molar-refractivity contribution >= 4 is 5.91 Å². The summed E-state index contributed by atoms with van der Waals surface area (Å²) >= 11 is 0. The predicted octanol–water partition coefficient (Wildman–Crippen LogP) is 0.0159. The van der Waals surface area contributed by atoms with E-state index in [9.17, 15) is 4.79 Å². The van der Waals surface area contributed by atoms with Gasteiger partial charge in [0, 0.05) is 13.1 Å². The maximum atomic E-state index is 11.6. The molecule has 1 saturated heterocycles. The average Bonchev–Trinajstić information content (AvgIpc) is 2.54. The second-order valence-electron chi connectivity index (χ2n) is 3.65. The Morgan fingerprint density at radius 1 is 1.77 bits per heavy atom. The minimum Gasteiger partial charge on any atom is -0.355 e. The van der Waals surface area contributed by atoms with Gasteiger partial charge in [0.1, 0.15) is 0 Å². The molecule has 13 heavy (non-hydrogen) atoms. The molecule has 72 valence electrons. The molecule has 1 heterocycles. The van der Waals surface area contributed by atoms with Gasteiger partial charge in [0.25, 0.3) is 0 Å². The van der Waals surface area contributed by atoms with Crippen molar-refractivity contribution < 1.29 is 4.79 Å². The van der Waals surface area contributed by atoms with Crippen LogP contribution in [0, 0.1) is 16.7 Å². The first-order chi connectivity index (χ1) is 6.19. The Bertz CT molecular complexity index is 226. The number of hydrogen-bond acceptors (Lipinski definition) is 3. The van der Waals surface area contributed by atoms with Crippen LogP contribution in [-0.2, 0) is 4.79 Å². The number of nitriles is 1. The summed E-state index contributed by atoms with van der Waals surface area (Å²) < 4.78 is 0. The van der Waals surface area contributed by atoms with E-state index in [1.807, 2.05) is 13.0 Å². The number of nitrogens with zero attached hydrogens (tertiary/aromatic N) is 1. The van der Waals surface area contributed by atoms with Crippen molar-refractivity contribution in [3.05, 3.63) is 0 Å². The molecule has 0 aliphatic carbocycles. The smallest absolute Gasteiger partial charge is 0.227 e. The van der Waals surface area contributed by atoms with Crippen LogP contribution < -0.4 is 10.6 Å². The molecular weight excluding hydrogens is 166 g/mol. The Morgan fingerprint density at radius 2 is 2.54 bits per heavy atom. The number of rotatable bonds is 3. The molecule has 4 nitrogen and oxygen atoms in total. The molecule has 0 aromatic rings. The highest BCUT2D eigenvalue weighted by molar-refractivity contribution is 5.82. The van der Waals surface area contributed by atoms with Crippen LogP contribution in [0.4, 0.5) is 0 Å². The Labute approximate surface area is 78.3 Å². The number of carbonyl (C=O) groups is 1. The summed E-state index contributed by atoms with van der Waals surface area (Å²) in [5.41, 5.74) is -0.268. The zero-order chi connectivity index (χ0) is 9.73. The van der Waals surface area contributed by atoms with Crippen LogP contribution in [0.5, 0.6) is 0 Å². The predicted molar refractivity (Wildman–Crippen MR) is 48.8 cm³/mol. The minimum atomic E-state index is -0.268. The van der Waals surface area contributed by atoms with Crippen molar-refractivity contribution in [2.45, 2.75) is 19.8 Å². The highest BCUT2D eigenvalue weighted by Gasteiger charge is 2.35. The molecule has 0 spiro atoms. The normalized spacial score (nSPS) is 26.8. The first-order valence-corrected chi connectivity index (χ1v) is 4.55. The standard InChI is InChI=1S/C9H15N3O/c1-9(3-6-11-7-9)8(13)12-5-2-4-10/h11H,2-3,5-7H2,1H3,(H,12,13). The average molecular weight is 181 g/mol. The molecule has 1 unspecified atom stereocenters. The maximum absolute atomic E-state index is 11.6. The lowest BCUT2D eigenvalue weighted by molar-refractivity contribution is -0.129. The van der Waals surface area contributed by atoms with E-state index in [2.05, 4.69) is 10.6 Å². The molecule has 0 bridgehead atoms. The van der Waals surface area contributed by atoms with Crippen molar-refractivity contribution in [3.8, 4) is 6.07 Å². The van der Waals surface area contributed by atoms with Crippen LogP contribution in [0.1, 0.15) is 19.8 Å². The maximum Gasteiger partial charge on any atom is 0.227 e. The summed E-state index contributed by atoms with van der Waals surface area (Å²) in [4.78, 5) is 11.6. The third-order valence-electron chi connectivity index (χ3n) is 2.44. The van der Waals surface area contributed by atoms with Crippen LogP contribution in [0.15, 0.2) is 0 Å². The molecule has 1 amide bonds. The number of nitrogens with one attached hydrogen (secondary N) is 2. The van der Waals surface area contributed by atoms with E-state index in [0.29, 0.717) is 13.0 Å². The van der Waals surface area contributed by atoms with Gasteiger partial charge in [-0.3, -0.25) is 4.79 Å². The van der Waals surface area contributed by atoms with E-state index in [4.69, 9.17) is 5.26 Å². The van der Waals surface area contributed by atoms with E-state index < -0.39 is 0 Å².